The predicted molar refractivity (Wildman–Crippen MR) is 70.6 cm³/mol. The van der Waals surface area contributed by atoms with Crippen molar-refractivity contribution in [3.63, 3.8) is 0 Å². The molecule has 1 N–H and O–H groups in total. The summed E-state index contributed by atoms with van der Waals surface area (Å²) in [5.74, 6) is 0.143. The second-order valence-corrected chi connectivity index (χ2v) is 4.30. The normalized spacial score (nSPS) is 10.6. The maximum Gasteiger partial charge on any atom is 0.164 e. The molecule has 1 aromatic rings. The van der Waals surface area contributed by atoms with Crippen LogP contribution in [-0.2, 0) is 0 Å². The Morgan fingerprint density at radius 3 is 2.53 bits per heavy atom. The summed E-state index contributed by atoms with van der Waals surface area (Å²) in [6.45, 7) is 6.62. The van der Waals surface area contributed by atoms with E-state index in [9.17, 15) is 4.79 Å². The van der Waals surface area contributed by atoms with Gasteiger partial charge in [-0.15, -0.1) is 0 Å². The van der Waals surface area contributed by atoms with E-state index in [0.717, 1.165) is 11.3 Å². The first-order valence-electron chi connectivity index (χ1n) is 6.11. The Kier molecular flexibility index (Phi) is 5.16. The van der Waals surface area contributed by atoms with E-state index in [2.05, 4.69) is 18.7 Å². The summed E-state index contributed by atoms with van der Waals surface area (Å²) in [5.41, 5.74) is 1.67. The Morgan fingerprint density at radius 1 is 1.35 bits per heavy atom. The van der Waals surface area contributed by atoms with E-state index in [1.54, 1.807) is 0 Å². The number of nitrogens with zero attached hydrogens (tertiary/aromatic N) is 1. The Morgan fingerprint density at radius 2 is 2.00 bits per heavy atom. The van der Waals surface area contributed by atoms with Crippen molar-refractivity contribution in [2.24, 2.45) is 0 Å². The second kappa shape index (κ2) is 6.40. The number of aliphatic hydroxyl groups excluding tert-OH is 1. The molecular weight excluding hydrogens is 214 g/mol. The summed E-state index contributed by atoms with van der Waals surface area (Å²) in [7, 11) is 0. The molecule has 0 aliphatic heterocycles. The molecule has 0 saturated carbocycles. The quantitative estimate of drug-likeness (QED) is 0.770. The van der Waals surface area contributed by atoms with Gasteiger partial charge in [-0.1, -0.05) is 19.1 Å². The monoisotopic (exact) mass is 235 g/mol. The molecule has 0 atom stereocenters. The van der Waals surface area contributed by atoms with Crippen molar-refractivity contribution in [2.45, 2.75) is 33.2 Å². The molecule has 0 saturated heterocycles. The number of Topliss-reactive ketones (excluding diaryl/α,β-unsaturated/α-hetero) is 1. The molecule has 0 aromatic heterocycles. The maximum absolute atomic E-state index is 11.9. The number of aliphatic hydroxyl groups is 1. The van der Waals surface area contributed by atoms with E-state index >= 15 is 0 Å². The van der Waals surface area contributed by atoms with Crippen molar-refractivity contribution in [3.8, 4) is 0 Å². The molecule has 0 fully saturated rings. The zero-order valence-electron chi connectivity index (χ0n) is 10.8. The number of carbonyl (C=O) groups is 1. The van der Waals surface area contributed by atoms with Gasteiger partial charge in [-0.25, -0.2) is 0 Å². The van der Waals surface area contributed by atoms with E-state index in [0.29, 0.717) is 13.0 Å². The van der Waals surface area contributed by atoms with Gasteiger partial charge in [0.2, 0.25) is 0 Å². The van der Waals surface area contributed by atoms with E-state index in [1.807, 2.05) is 31.2 Å². The predicted octanol–water partition coefficient (Wildman–Crippen LogP) is 2.49. The van der Waals surface area contributed by atoms with Gasteiger partial charge in [-0.2, -0.15) is 0 Å². The molecule has 0 unspecified atom stereocenters. The van der Waals surface area contributed by atoms with Crippen LogP contribution in [-0.4, -0.2) is 30.1 Å². The zero-order valence-corrected chi connectivity index (χ0v) is 10.8. The molecule has 0 amide bonds. The Balaban J connectivity index is 3.13. The molecule has 0 spiro atoms. The van der Waals surface area contributed by atoms with Crippen LogP contribution < -0.4 is 4.90 Å². The molecule has 94 valence electrons. The van der Waals surface area contributed by atoms with Crippen molar-refractivity contribution in [3.05, 3.63) is 29.8 Å². The van der Waals surface area contributed by atoms with Gasteiger partial charge in [0, 0.05) is 30.3 Å². The lowest BCUT2D eigenvalue weighted by Gasteiger charge is -2.29. The molecule has 0 aliphatic rings. The standard InChI is InChI=1S/C14H21NO2/c1-4-14(17)12-7-5-6-8-13(12)15(9-10-16)11(2)3/h5-8,11,16H,4,9-10H2,1-3H3. The van der Waals surface area contributed by atoms with Crippen LogP contribution in [0.1, 0.15) is 37.6 Å². The Hall–Kier alpha value is -1.35. The lowest BCUT2D eigenvalue weighted by Crippen LogP contribution is -2.34. The number of hydrogen-bond donors (Lipinski definition) is 1. The highest BCUT2D eigenvalue weighted by Crippen LogP contribution is 2.23. The van der Waals surface area contributed by atoms with Crippen LogP contribution in [0.5, 0.6) is 0 Å². The van der Waals surface area contributed by atoms with Crippen molar-refractivity contribution in [2.75, 3.05) is 18.1 Å². The minimum absolute atomic E-state index is 0.0901. The van der Waals surface area contributed by atoms with Crippen molar-refractivity contribution >= 4 is 11.5 Å². The molecule has 17 heavy (non-hydrogen) atoms. The highest BCUT2D eigenvalue weighted by Gasteiger charge is 2.16. The molecular formula is C14H21NO2. The number of ketones is 1. The molecule has 3 nitrogen and oxygen atoms in total. The van der Waals surface area contributed by atoms with Crippen molar-refractivity contribution in [1.82, 2.24) is 0 Å². The highest BCUT2D eigenvalue weighted by atomic mass is 16.3. The molecule has 0 bridgehead atoms. The minimum Gasteiger partial charge on any atom is -0.395 e. The van der Waals surface area contributed by atoms with Gasteiger partial charge in [0.25, 0.3) is 0 Å². The topological polar surface area (TPSA) is 40.5 Å². The van der Waals surface area contributed by atoms with Crippen LogP contribution in [0.4, 0.5) is 5.69 Å². The fourth-order valence-electron chi connectivity index (χ4n) is 1.91. The summed E-state index contributed by atoms with van der Waals surface area (Å²) in [5, 5.41) is 9.11. The van der Waals surface area contributed by atoms with Crippen LogP contribution in [0.2, 0.25) is 0 Å². The van der Waals surface area contributed by atoms with Crippen LogP contribution >= 0.6 is 0 Å². The third kappa shape index (κ3) is 3.30. The van der Waals surface area contributed by atoms with Gasteiger partial charge in [-0.3, -0.25) is 4.79 Å². The summed E-state index contributed by atoms with van der Waals surface area (Å²) in [6, 6.07) is 7.86. The summed E-state index contributed by atoms with van der Waals surface area (Å²) < 4.78 is 0. The lowest BCUT2D eigenvalue weighted by atomic mass is 10.0. The molecule has 1 aromatic carbocycles. The SMILES string of the molecule is CCC(=O)c1ccccc1N(CCO)C(C)C. The number of para-hydroxylation sites is 1. The van der Waals surface area contributed by atoms with Gasteiger partial charge >= 0.3 is 0 Å². The average molecular weight is 235 g/mol. The first-order chi connectivity index (χ1) is 8.11. The maximum atomic E-state index is 11.9. The van der Waals surface area contributed by atoms with Gasteiger partial charge in [0.05, 0.1) is 6.61 Å². The lowest BCUT2D eigenvalue weighted by molar-refractivity contribution is 0.0988. The Bertz CT molecular complexity index is 374. The first kappa shape index (κ1) is 13.7. The number of carbonyl (C=O) groups excluding carboxylic acids is 1. The summed E-state index contributed by atoms with van der Waals surface area (Å²) in [4.78, 5) is 13.9. The van der Waals surface area contributed by atoms with Gasteiger partial charge < -0.3 is 10.0 Å². The smallest absolute Gasteiger partial charge is 0.164 e. The second-order valence-electron chi connectivity index (χ2n) is 4.30. The van der Waals surface area contributed by atoms with E-state index in [-0.39, 0.29) is 18.4 Å². The minimum atomic E-state index is 0.0901. The largest absolute Gasteiger partial charge is 0.395 e. The van der Waals surface area contributed by atoms with Gasteiger partial charge in [-0.05, 0) is 26.0 Å². The number of rotatable bonds is 6. The summed E-state index contributed by atoms with van der Waals surface area (Å²) in [6.07, 6.45) is 0.502. The third-order valence-electron chi connectivity index (χ3n) is 2.80. The first-order valence-corrected chi connectivity index (χ1v) is 6.11. The van der Waals surface area contributed by atoms with Crippen LogP contribution in [0.15, 0.2) is 24.3 Å². The zero-order chi connectivity index (χ0) is 12.8. The van der Waals surface area contributed by atoms with Crippen LogP contribution in [0.25, 0.3) is 0 Å². The number of hydrogen-bond acceptors (Lipinski definition) is 3. The van der Waals surface area contributed by atoms with Crippen LogP contribution in [0.3, 0.4) is 0 Å². The van der Waals surface area contributed by atoms with Gasteiger partial charge in [0.1, 0.15) is 0 Å². The number of benzene rings is 1. The summed E-state index contributed by atoms with van der Waals surface area (Å²) >= 11 is 0. The van der Waals surface area contributed by atoms with E-state index in [1.165, 1.54) is 0 Å². The van der Waals surface area contributed by atoms with Gasteiger partial charge in [0.15, 0.2) is 5.78 Å². The van der Waals surface area contributed by atoms with E-state index < -0.39 is 0 Å². The molecule has 0 heterocycles. The molecule has 1 rings (SSSR count). The fourth-order valence-corrected chi connectivity index (χ4v) is 1.91. The van der Waals surface area contributed by atoms with Crippen LogP contribution in [0, 0.1) is 0 Å². The molecule has 3 heteroatoms. The van der Waals surface area contributed by atoms with Crippen molar-refractivity contribution in [1.29, 1.82) is 0 Å². The van der Waals surface area contributed by atoms with Crippen molar-refractivity contribution < 1.29 is 9.90 Å². The Labute approximate surface area is 103 Å². The highest BCUT2D eigenvalue weighted by molar-refractivity contribution is 6.01. The third-order valence-corrected chi connectivity index (χ3v) is 2.80. The molecule has 0 radical (unpaired) electrons. The average Bonchev–Trinajstić information content (AvgIpc) is 2.34. The number of anilines is 1. The molecule has 0 aliphatic carbocycles. The van der Waals surface area contributed by atoms with E-state index in [4.69, 9.17) is 5.11 Å². The fraction of sp³-hybridized carbons (Fsp3) is 0.500.